The lowest BCUT2D eigenvalue weighted by molar-refractivity contribution is -0.118. The molecule has 9 heteroatoms. The molecule has 0 aliphatic carbocycles. The molecular formula is C19H27ClN6O2. The van der Waals surface area contributed by atoms with Crippen LogP contribution in [0.4, 0.5) is 11.4 Å². The molecule has 28 heavy (non-hydrogen) atoms. The summed E-state index contributed by atoms with van der Waals surface area (Å²) in [5.41, 5.74) is 2.33. The molecule has 1 aliphatic heterocycles. The Morgan fingerprint density at radius 3 is 2.46 bits per heavy atom. The van der Waals surface area contributed by atoms with Crippen LogP contribution in [0.3, 0.4) is 0 Å². The molecule has 2 aromatic rings. The first kappa shape index (κ1) is 21.8. The molecule has 1 fully saturated rings. The van der Waals surface area contributed by atoms with Gasteiger partial charge in [0.15, 0.2) is 5.69 Å². The molecule has 0 atom stereocenters. The number of nitrogens with zero attached hydrogens (tertiary/aromatic N) is 3. The van der Waals surface area contributed by atoms with E-state index < -0.39 is 0 Å². The van der Waals surface area contributed by atoms with Gasteiger partial charge >= 0.3 is 0 Å². The Morgan fingerprint density at radius 1 is 1.18 bits per heavy atom. The lowest BCUT2D eigenvalue weighted by Gasteiger charge is -2.23. The summed E-state index contributed by atoms with van der Waals surface area (Å²) in [4.78, 5) is 24.5. The van der Waals surface area contributed by atoms with Crippen molar-refractivity contribution in [3.05, 3.63) is 35.7 Å². The SMILES string of the molecule is Cc1c(C(=O)Nc2cccc(NC(=O)C(C)C)c2)nnn1C1CCNCC1.Cl. The molecule has 1 aliphatic rings. The Bertz CT molecular complexity index is 830. The zero-order valence-electron chi connectivity index (χ0n) is 16.4. The molecule has 0 bridgehead atoms. The van der Waals surface area contributed by atoms with Gasteiger partial charge in [-0.05, 0) is 51.1 Å². The van der Waals surface area contributed by atoms with Crippen molar-refractivity contribution in [1.82, 2.24) is 20.3 Å². The van der Waals surface area contributed by atoms with Crippen molar-refractivity contribution in [2.24, 2.45) is 5.92 Å². The molecular weight excluding hydrogens is 380 g/mol. The van der Waals surface area contributed by atoms with Crippen LogP contribution in [0, 0.1) is 12.8 Å². The predicted molar refractivity (Wildman–Crippen MR) is 111 cm³/mol. The normalized spacial score (nSPS) is 14.4. The predicted octanol–water partition coefficient (Wildman–Crippen LogP) is 2.78. The lowest BCUT2D eigenvalue weighted by Crippen LogP contribution is -2.30. The molecule has 0 unspecified atom stereocenters. The topological polar surface area (TPSA) is 101 Å². The molecule has 0 spiro atoms. The number of halogens is 1. The van der Waals surface area contributed by atoms with E-state index in [-0.39, 0.29) is 36.2 Å². The maximum absolute atomic E-state index is 12.6. The molecule has 1 saturated heterocycles. The summed E-state index contributed by atoms with van der Waals surface area (Å²) in [7, 11) is 0. The highest BCUT2D eigenvalue weighted by Gasteiger charge is 2.23. The fraction of sp³-hybridized carbons (Fsp3) is 0.474. The first-order valence-corrected chi connectivity index (χ1v) is 9.30. The van der Waals surface area contributed by atoms with Gasteiger partial charge in [0, 0.05) is 17.3 Å². The highest BCUT2D eigenvalue weighted by atomic mass is 35.5. The van der Waals surface area contributed by atoms with E-state index in [0.717, 1.165) is 31.6 Å². The average molecular weight is 407 g/mol. The van der Waals surface area contributed by atoms with Gasteiger partial charge in [0.2, 0.25) is 5.91 Å². The smallest absolute Gasteiger partial charge is 0.278 e. The van der Waals surface area contributed by atoms with E-state index in [2.05, 4.69) is 26.3 Å². The highest BCUT2D eigenvalue weighted by Crippen LogP contribution is 2.21. The highest BCUT2D eigenvalue weighted by molar-refractivity contribution is 6.04. The van der Waals surface area contributed by atoms with Crippen molar-refractivity contribution in [2.45, 2.75) is 39.7 Å². The third-order valence-corrected chi connectivity index (χ3v) is 4.71. The zero-order valence-corrected chi connectivity index (χ0v) is 17.2. The largest absolute Gasteiger partial charge is 0.326 e. The van der Waals surface area contributed by atoms with E-state index in [1.165, 1.54) is 0 Å². The number of hydrogen-bond acceptors (Lipinski definition) is 5. The van der Waals surface area contributed by atoms with Gasteiger partial charge < -0.3 is 16.0 Å². The number of anilines is 2. The second-order valence-electron chi connectivity index (χ2n) is 7.13. The Morgan fingerprint density at radius 2 is 1.82 bits per heavy atom. The van der Waals surface area contributed by atoms with Gasteiger partial charge in [-0.3, -0.25) is 9.59 Å². The molecule has 3 rings (SSSR count). The van der Waals surface area contributed by atoms with Crippen LogP contribution in [0.1, 0.15) is 48.9 Å². The number of rotatable bonds is 5. The molecule has 0 radical (unpaired) electrons. The van der Waals surface area contributed by atoms with E-state index in [0.29, 0.717) is 17.1 Å². The zero-order chi connectivity index (χ0) is 19.4. The fourth-order valence-electron chi connectivity index (χ4n) is 3.10. The fourth-order valence-corrected chi connectivity index (χ4v) is 3.10. The summed E-state index contributed by atoms with van der Waals surface area (Å²) in [6.07, 6.45) is 1.95. The van der Waals surface area contributed by atoms with Crippen LogP contribution < -0.4 is 16.0 Å². The number of carbonyl (C=O) groups excluding carboxylic acids is 2. The minimum Gasteiger partial charge on any atom is -0.326 e. The minimum atomic E-state index is -0.306. The number of benzene rings is 1. The van der Waals surface area contributed by atoms with Gasteiger partial charge in [-0.1, -0.05) is 25.1 Å². The second-order valence-corrected chi connectivity index (χ2v) is 7.13. The summed E-state index contributed by atoms with van der Waals surface area (Å²) in [5.74, 6) is -0.491. The van der Waals surface area contributed by atoms with Crippen LogP contribution in [0.5, 0.6) is 0 Å². The van der Waals surface area contributed by atoms with Gasteiger partial charge in [0.05, 0.1) is 11.7 Å². The van der Waals surface area contributed by atoms with E-state index in [1.807, 2.05) is 25.5 Å². The van der Waals surface area contributed by atoms with E-state index in [1.54, 1.807) is 24.3 Å². The quantitative estimate of drug-likeness (QED) is 0.708. The standard InChI is InChI=1S/C19H26N6O2.ClH/c1-12(2)18(26)21-14-5-4-6-15(11-14)22-19(27)17-13(3)25(24-23-17)16-7-9-20-10-8-16;/h4-6,11-12,16,20H,7-10H2,1-3H3,(H,21,26)(H,22,27);1H. The van der Waals surface area contributed by atoms with E-state index >= 15 is 0 Å². The molecule has 152 valence electrons. The monoisotopic (exact) mass is 406 g/mol. The summed E-state index contributed by atoms with van der Waals surface area (Å²) < 4.78 is 1.86. The number of hydrogen-bond donors (Lipinski definition) is 3. The molecule has 0 saturated carbocycles. The van der Waals surface area contributed by atoms with Crippen LogP contribution in [0.15, 0.2) is 24.3 Å². The van der Waals surface area contributed by atoms with Crippen molar-refractivity contribution in [1.29, 1.82) is 0 Å². The van der Waals surface area contributed by atoms with Crippen LogP contribution in [0.2, 0.25) is 0 Å². The number of amides is 2. The van der Waals surface area contributed by atoms with E-state index in [4.69, 9.17) is 0 Å². The summed E-state index contributed by atoms with van der Waals surface area (Å²) >= 11 is 0. The Hall–Kier alpha value is -2.45. The summed E-state index contributed by atoms with van der Waals surface area (Å²) in [6.45, 7) is 7.42. The third-order valence-electron chi connectivity index (χ3n) is 4.71. The van der Waals surface area contributed by atoms with Gasteiger partial charge in [0.25, 0.3) is 5.91 Å². The maximum Gasteiger partial charge on any atom is 0.278 e. The molecule has 1 aromatic carbocycles. The average Bonchev–Trinajstić information content (AvgIpc) is 3.04. The van der Waals surface area contributed by atoms with Crippen molar-refractivity contribution in [3.63, 3.8) is 0 Å². The van der Waals surface area contributed by atoms with Crippen molar-refractivity contribution < 1.29 is 9.59 Å². The molecule has 1 aromatic heterocycles. The third kappa shape index (κ3) is 5.08. The number of aromatic nitrogens is 3. The maximum atomic E-state index is 12.6. The Kier molecular flexibility index (Phi) is 7.53. The minimum absolute atomic E-state index is 0. The number of carbonyl (C=O) groups is 2. The summed E-state index contributed by atoms with van der Waals surface area (Å²) in [5, 5.41) is 17.3. The van der Waals surface area contributed by atoms with Crippen LogP contribution in [-0.4, -0.2) is 39.9 Å². The number of piperidine rings is 1. The van der Waals surface area contributed by atoms with Crippen molar-refractivity contribution in [2.75, 3.05) is 23.7 Å². The molecule has 2 heterocycles. The van der Waals surface area contributed by atoms with Gasteiger partial charge in [-0.15, -0.1) is 17.5 Å². The molecule has 8 nitrogen and oxygen atoms in total. The van der Waals surface area contributed by atoms with Crippen molar-refractivity contribution >= 4 is 35.6 Å². The Balaban J connectivity index is 0.00000280. The van der Waals surface area contributed by atoms with E-state index in [9.17, 15) is 9.59 Å². The lowest BCUT2D eigenvalue weighted by atomic mass is 10.1. The first-order chi connectivity index (χ1) is 13.0. The second kappa shape index (κ2) is 9.66. The molecule has 2 amide bonds. The van der Waals surface area contributed by atoms with Crippen LogP contribution in [0.25, 0.3) is 0 Å². The van der Waals surface area contributed by atoms with Crippen LogP contribution >= 0.6 is 12.4 Å². The van der Waals surface area contributed by atoms with Gasteiger partial charge in [-0.25, -0.2) is 4.68 Å². The first-order valence-electron chi connectivity index (χ1n) is 9.30. The van der Waals surface area contributed by atoms with Gasteiger partial charge in [0.1, 0.15) is 0 Å². The molecule has 3 N–H and O–H groups in total. The number of nitrogens with one attached hydrogen (secondary N) is 3. The Labute approximate surface area is 170 Å². The van der Waals surface area contributed by atoms with Crippen LogP contribution in [-0.2, 0) is 4.79 Å². The van der Waals surface area contributed by atoms with Gasteiger partial charge in [-0.2, -0.15) is 0 Å². The van der Waals surface area contributed by atoms with Crippen molar-refractivity contribution in [3.8, 4) is 0 Å². The summed E-state index contributed by atoms with van der Waals surface area (Å²) in [6, 6.07) is 7.34.